The molecular formula is C13H19F2N. The average molecular weight is 227 g/mol. The SMILES string of the molecule is CCCNC(C)C(C)c1ccc(F)cc1F. The summed E-state index contributed by atoms with van der Waals surface area (Å²) in [7, 11) is 0. The normalized spacial score (nSPS) is 14.8. The van der Waals surface area contributed by atoms with Gasteiger partial charge in [-0.3, -0.25) is 0 Å². The van der Waals surface area contributed by atoms with Crippen LogP contribution < -0.4 is 5.32 Å². The van der Waals surface area contributed by atoms with E-state index < -0.39 is 11.6 Å². The number of rotatable bonds is 5. The van der Waals surface area contributed by atoms with Crippen LogP contribution in [0.15, 0.2) is 18.2 Å². The Labute approximate surface area is 95.9 Å². The molecule has 1 aromatic rings. The zero-order valence-electron chi connectivity index (χ0n) is 10.1. The molecule has 0 spiro atoms. The van der Waals surface area contributed by atoms with Gasteiger partial charge in [-0.2, -0.15) is 0 Å². The lowest BCUT2D eigenvalue weighted by molar-refractivity contribution is 0.462. The Morgan fingerprint density at radius 3 is 2.50 bits per heavy atom. The molecule has 0 fully saturated rings. The Balaban J connectivity index is 2.75. The van der Waals surface area contributed by atoms with Crippen molar-refractivity contribution in [1.29, 1.82) is 0 Å². The summed E-state index contributed by atoms with van der Waals surface area (Å²) in [5.41, 5.74) is 0.567. The molecule has 0 aliphatic heterocycles. The average Bonchev–Trinajstić information content (AvgIpc) is 2.25. The Bertz CT molecular complexity index is 339. The van der Waals surface area contributed by atoms with Crippen molar-refractivity contribution in [3.05, 3.63) is 35.4 Å². The predicted octanol–water partition coefficient (Wildman–Crippen LogP) is 3.46. The maximum atomic E-state index is 13.5. The van der Waals surface area contributed by atoms with E-state index in [4.69, 9.17) is 0 Å². The van der Waals surface area contributed by atoms with E-state index in [1.54, 1.807) is 0 Å². The molecule has 0 aliphatic rings. The second kappa shape index (κ2) is 5.94. The standard InChI is InChI=1S/C13H19F2N/c1-4-7-16-10(3)9(2)12-6-5-11(14)8-13(12)15/h5-6,8-10,16H,4,7H2,1-3H3. The van der Waals surface area contributed by atoms with Crippen LogP contribution in [0.2, 0.25) is 0 Å². The fourth-order valence-corrected chi connectivity index (χ4v) is 1.69. The molecule has 2 unspecified atom stereocenters. The van der Waals surface area contributed by atoms with Crippen LogP contribution >= 0.6 is 0 Å². The van der Waals surface area contributed by atoms with Crippen LogP contribution in [0, 0.1) is 11.6 Å². The van der Waals surface area contributed by atoms with Crippen molar-refractivity contribution < 1.29 is 8.78 Å². The van der Waals surface area contributed by atoms with Crippen LogP contribution in [0.4, 0.5) is 8.78 Å². The van der Waals surface area contributed by atoms with Crippen LogP contribution in [0.3, 0.4) is 0 Å². The first kappa shape index (κ1) is 13.1. The fourth-order valence-electron chi connectivity index (χ4n) is 1.69. The van der Waals surface area contributed by atoms with Crippen LogP contribution in [-0.4, -0.2) is 12.6 Å². The van der Waals surface area contributed by atoms with Gasteiger partial charge < -0.3 is 5.32 Å². The molecule has 1 aromatic carbocycles. The number of hydrogen-bond acceptors (Lipinski definition) is 1. The molecule has 1 rings (SSSR count). The van der Waals surface area contributed by atoms with Crippen LogP contribution in [0.5, 0.6) is 0 Å². The van der Waals surface area contributed by atoms with Gasteiger partial charge in [0.15, 0.2) is 0 Å². The molecule has 3 heteroatoms. The highest BCUT2D eigenvalue weighted by Gasteiger charge is 2.17. The largest absolute Gasteiger partial charge is 0.314 e. The lowest BCUT2D eigenvalue weighted by Crippen LogP contribution is -2.31. The first-order valence-corrected chi connectivity index (χ1v) is 5.74. The summed E-state index contributed by atoms with van der Waals surface area (Å²) < 4.78 is 26.3. The van der Waals surface area contributed by atoms with E-state index >= 15 is 0 Å². The van der Waals surface area contributed by atoms with E-state index in [1.807, 2.05) is 13.8 Å². The van der Waals surface area contributed by atoms with Gasteiger partial charge in [-0.25, -0.2) is 8.78 Å². The van der Waals surface area contributed by atoms with E-state index in [2.05, 4.69) is 12.2 Å². The van der Waals surface area contributed by atoms with E-state index in [-0.39, 0.29) is 12.0 Å². The molecule has 0 heterocycles. The Hall–Kier alpha value is -0.960. The zero-order valence-corrected chi connectivity index (χ0v) is 10.1. The summed E-state index contributed by atoms with van der Waals surface area (Å²) >= 11 is 0. The first-order valence-electron chi connectivity index (χ1n) is 5.74. The lowest BCUT2D eigenvalue weighted by atomic mass is 9.94. The molecule has 16 heavy (non-hydrogen) atoms. The van der Waals surface area contributed by atoms with Crippen molar-refractivity contribution in [2.75, 3.05) is 6.54 Å². The highest BCUT2D eigenvalue weighted by atomic mass is 19.1. The van der Waals surface area contributed by atoms with Gasteiger partial charge in [-0.1, -0.05) is 19.9 Å². The third kappa shape index (κ3) is 3.27. The summed E-state index contributed by atoms with van der Waals surface area (Å²) in [5, 5.41) is 3.31. The molecule has 0 saturated carbocycles. The summed E-state index contributed by atoms with van der Waals surface area (Å²) in [6, 6.07) is 3.96. The highest BCUT2D eigenvalue weighted by Crippen LogP contribution is 2.22. The molecule has 0 amide bonds. The van der Waals surface area contributed by atoms with Crippen molar-refractivity contribution in [3.8, 4) is 0 Å². The number of benzene rings is 1. The Kier molecular flexibility index (Phi) is 4.87. The van der Waals surface area contributed by atoms with Gasteiger partial charge in [-0.05, 0) is 37.4 Å². The monoisotopic (exact) mass is 227 g/mol. The minimum absolute atomic E-state index is 0.0344. The maximum absolute atomic E-state index is 13.5. The second-order valence-electron chi connectivity index (χ2n) is 4.20. The van der Waals surface area contributed by atoms with Crippen molar-refractivity contribution >= 4 is 0 Å². The second-order valence-corrected chi connectivity index (χ2v) is 4.20. The number of nitrogens with one attached hydrogen (secondary N) is 1. The van der Waals surface area contributed by atoms with Crippen molar-refractivity contribution in [3.63, 3.8) is 0 Å². The molecule has 1 nitrogen and oxygen atoms in total. The zero-order chi connectivity index (χ0) is 12.1. The molecule has 0 aliphatic carbocycles. The fraction of sp³-hybridized carbons (Fsp3) is 0.538. The number of hydrogen-bond donors (Lipinski definition) is 1. The van der Waals surface area contributed by atoms with E-state index in [0.717, 1.165) is 19.0 Å². The first-order chi connectivity index (χ1) is 7.56. The molecule has 0 saturated heterocycles. The summed E-state index contributed by atoms with van der Waals surface area (Å²) in [4.78, 5) is 0. The van der Waals surface area contributed by atoms with Crippen molar-refractivity contribution in [1.82, 2.24) is 5.32 Å². The van der Waals surface area contributed by atoms with E-state index in [1.165, 1.54) is 12.1 Å². The minimum atomic E-state index is -0.525. The summed E-state index contributed by atoms with van der Waals surface area (Å²) in [6.07, 6.45) is 1.04. The van der Waals surface area contributed by atoms with Crippen LogP contribution in [-0.2, 0) is 0 Å². The van der Waals surface area contributed by atoms with Gasteiger partial charge in [0.25, 0.3) is 0 Å². The lowest BCUT2D eigenvalue weighted by Gasteiger charge is -2.22. The topological polar surface area (TPSA) is 12.0 Å². The van der Waals surface area contributed by atoms with E-state index in [0.29, 0.717) is 5.56 Å². The summed E-state index contributed by atoms with van der Waals surface area (Å²) in [6.45, 7) is 6.96. The molecule has 0 bridgehead atoms. The maximum Gasteiger partial charge on any atom is 0.129 e. The van der Waals surface area contributed by atoms with Crippen LogP contribution in [0.25, 0.3) is 0 Å². The predicted molar refractivity (Wildman–Crippen MR) is 62.5 cm³/mol. The molecular weight excluding hydrogens is 208 g/mol. The number of halogens is 2. The molecule has 1 N–H and O–H groups in total. The van der Waals surface area contributed by atoms with Gasteiger partial charge >= 0.3 is 0 Å². The Morgan fingerprint density at radius 1 is 1.25 bits per heavy atom. The third-order valence-electron chi connectivity index (χ3n) is 2.92. The van der Waals surface area contributed by atoms with Gasteiger partial charge in [-0.15, -0.1) is 0 Å². The Morgan fingerprint density at radius 2 is 1.94 bits per heavy atom. The van der Waals surface area contributed by atoms with E-state index in [9.17, 15) is 8.78 Å². The third-order valence-corrected chi connectivity index (χ3v) is 2.92. The highest BCUT2D eigenvalue weighted by molar-refractivity contribution is 5.23. The van der Waals surface area contributed by atoms with Gasteiger partial charge in [0.1, 0.15) is 11.6 Å². The molecule has 0 aromatic heterocycles. The molecule has 0 radical (unpaired) electrons. The molecule has 90 valence electrons. The van der Waals surface area contributed by atoms with Gasteiger partial charge in [0, 0.05) is 12.1 Å². The molecule has 2 atom stereocenters. The summed E-state index contributed by atoms with van der Waals surface area (Å²) in [5.74, 6) is -0.951. The quantitative estimate of drug-likeness (QED) is 0.812. The van der Waals surface area contributed by atoms with Gasteiger partial charge in [0.05, 0.1) is 0 Å². The van der Waals surface area contributed by atoms with Crippen molar-refractivity contribution in [2.45, 2.75) is 39.2 Å². The van der Waals surface area contributed by atoms with Crippen LogP contribution in [0.1, 0.15) is 38.7 Å². The minimum Gasteiger partial charge on any atom is -0.314 e. The smallest absolute Gasteiger partial charge is 0.129 e. The van der Waals surface area contributed by atoms with Gasteiger partial charge in [0.2, 0.25) is 0 Å². The van der Waals surface area contributed by atoms with Crippen molar-refractivity contribution in [2.24, 2.45) is 0 Å².